The van der Waals surface area contributed by atoms with Gasteiger partial charge in [0.25, 0.3) is 0 Å². The molecule has 0 amide bonds. The number of pyridine rings is 2. The van der Waals surface area contributed by atoms with Gasteiger partial charge in [0.05, 0.1) is 12.2 Å². The molecule has 0 saturated carbocycles. The van der Waals surface area contributed by atoms with Gasteiger partial charge < -0.3 is 15.2 Å². The van der Waals surface area contributed by atoms with Crippen LogP contribution in [0.2, 0.25) is 0 Å². The van der Waals surface area contributed by atoms with Crippen molar-refractivity contribution in [2.24, 2.45) is 5.92 Å². The number of aryl methyl sites for hydroxylation is 1. The van der Waals surface area contributed by atoms with Gasteiger partial charge in [-0.1, -0.05) is 44.6 Å². The second-order valence-electron chi connectivity index (χ2n) is 8.52. The number of nitrogen functional groups attached to an aromatic ring is 1. The van der Waals surface area contributed by atoms with Crippen molar-refractivity contribution in [1.29, 1.82) is 10.5 Å². The van der Waals surface area contributed by atoms with E-state index in [1.165, 1.54) is 11.8 Å². The Bertz CT molecular complexity index is 1340. The summed E-state index contributed by atoms with van der Waals surface area (Å²) in [6.07, 6.45) is 7.17. The minimum absolute atomic E-state index is 0.0993. The number of rotatable bonds is 11. The lowest BCUT2D eigenvalue weighted by molar-refractivity contribution is 0.146. The molecule has 0 aliphatic heterocycles. The average molecular weight is 514 g/mol. The summed E-state index contributed by atoms with van der Waals surface area (Å²) in [7, 11) is 1.61. The highest BCUT2D eigenvalue weighted by atomic mass is 32.2. The molecule has 0 fully saturated rings. The molecular formula is C29H31N5O2S. The van der Waals surface area contributed by atoms with Crippen LogP contribution in [-0.4, -0.2) is 30.3 Å². The van der Waals surface area contributed by atoms with Crippen molar-refractivity contribution in [2.75, 3.05) is 26.1 Å². The highest BCUT2D eigenvalue weighted by molar-refractivity contribution is 7.98. The molecule has 0 radical (unpaired) electrons. The van der Waals surface area contributed by atoms with Crippen LogP contribution in [0.15, 0.2) is 47.6 Å². The third-order valence-electron chi connectivity index (χ3n) is 5.99. The number of nitrogens with two attached hydrogens (primary N) is 1. The minimum atomic E-state index is 0.0993. The largest absolute Gasteiger partial charge is 0.491 e. The molecular weight excluding hydrogens is 482 g/mol. The number of ether oxygens (including phenoxy) is 2. The predicted octanol–water partition coefficient (Wildman–Crippen LogP) is 6.15. The van der Waals surface area contributed by atoms with E-state index in [-0.39, 0.29) is 11.4 Å². The van der Waals surface area contributed by atoms with Gasteiger partial charge in [0.2, 0.25) is 0 Å². The van der Waals surface area contributed by atoms with Crippen LogP contribution >= 0.6 is 11.8 Å². The third-order valence-corrected chi connectivity index (χ3v) is 7.02. The first-order valence-corrected chi connectivity index (χ1v) is 13.0. The zero-order valence-electron chi connectivity index (χ0n) is 21.6. The summed E-state index contributed by atoms with van der Waals surface area (Å²) < 4.78 is 10.7. The Balaban J connectivity index is 1.97. The molecule has 37 heavy (non-hydrogen) atoms. The average Bonchev–Trinajstić information content (AvgIpc) is 2.91. The number of benzene rings is 1. The normalized spacial score (nSPS) is 11.7. The van der Waals surface area contributed by atoms with Crippen LogP contribution in [0.5, 0.6) is 5.75 Å². The van der Waals surface area contributed by atoms with Crippen LogP contribution in [0.1, 0.15) is 48.2 Å². The Morgan fingerprint density at radius 3 is 2.49 bits per heavy atom. The SMILES string of the molecule is CCC(C)/C=C\c1c(CSc2nc(N)c(C#N)c(-c3ccc(OCCOC)cc3)c2C#N)ccnc1C. The second kappa shape index (κ2) is 13.5. The van der Waals surface area contributed by atoms with Crippen molar-refractivity contribution in [3.8, 4) is 29.0 Å². The molecule has 190 valence electrons. The lowest BCUT2D eigenvalue weighted by Gasteiger charge is -2.14. The fraction of sp³-hybridized carbons (Fsp3) is 0.310. The molecule has 1 atom stereocenters. The van der Waals surface area contributed by atoms with Crippen LogP contribution < -0.4 is 10.5 Å². The number of nitriles is 2. The lowest BCUT2D eigenvalue weighted by Crippen LogP contribution is -2.05. The molecule has 3 rings (SSSR count). The number of hydrogen-bond donors (Lipinski definition) is 1. The third kappa shape index (κ3) is 6.89. The maximum Gasteiger partial charge on any atom is 0.143 e. The summed E-state index contributed by atoms with van der Waals surface area (Å²) in [6, 6.07) is 13.6. The molecule has 2 aromatic heterocycles. The fourth-order valence-electron chi connectivity index (χ4n) is 3.68. The second-order valence-corrected chi connectivity index (χ2v) is 9.48. The number of allylic oxidation sites excluding steroid dienone is 1. The molecule has 1 unspecified atom stereocenters. The molecule has 0 bridgehead atoms. The van der Waals surface area contributed by atoms with Gasteiger partial charge in [-0.3, -0.25) is 4.98 Å². The number of anilines is 1. The van der Waals surface area contributed by atoms with Crippen molar-refractivity contribution in [3.63, 3.8) is 0 Å². The van der Waals surface area contributed by atoms with Crippen molar-refractivity contribution in [1.82, 2.24) is 9.97 Å². The molecule has 2 N–H and O–H groups in total. The van der Waals surface area contributed by atoms with Crippen molar-refractivity contribution in [3.05, 3.63) is 70.6 Å². The van der Waals surface area contributed by atoms with E-state index in [1.54, 1.807) is 25.4 Å². The van der Waals surface area contributed by atoms with Gasteiger partial charge in [0.15, 0.2) is 0 Å². The zero-order chi connectivity index (χ0) is 26.8. The van der Waals surface area contributed by atoms with E-state index in [0.717, 1.165) is 23.2 Å². The van der Waals surface area contributed by atoms with Gasteiger partial charge >= 0.3 is 0 Å². The van der Waals surface area contributed by atoms with Crippen LogP contribution in [0.25, 0.3) is 17.2 Å². The maximum atomic E-state index is 10.1. The number of aromatic nitrogens is 2. The van der Waals surface area contributed by atoms with Gasteiger partial charge in [-0.15, -0.1) is 11.8 Å². The van der Waals surface area contributed by atoms with Crippen LogP contribution in [0, 0.1) is 35.5 Å². The summed E-state index contributed by atoms with van der Waals surface area (Å²) in [4.78, 5) is 8.90. The van der Waals surface area contributed by atoms with Crippen LogP contribution in [-0.2, 0) is 10.5 Å². The van der Waals surface area contributed by atoms with E-state index in [4.69, 9.17) is 15.2 Å². The molecule has 0 aliphatic carbocycles. The van der Waals surface area contributed by atoms with Crippen molar-refractivity contribution >= 4 is 23.7 Å². The molecule has 0 aliphatic rings. The summed E-state index contributed by atoms with van der Waals surface area (Å²) in [5.41, 5.74) is 11.0. The number of methoxy groups -OCH3 is 1. The van der Waals surface area contributed by atoms with E-state index in [9.17, 15) is 10.5 Å². The molecule has 3 aromatic rings. The van der Waals surface area contributed by atoms with Crippen molar-refractivity contribution in [2.45, 2.75) is 38.0 Å². The van der Waals surface area contributed by atoms with Crippen LogP contribution in [0.3, 0.4) is 0 Å². The van der Waals surface area contributed by atoms with E-state index < -0.39 is 0 Å². The Labute approximate surface area is 223 Å². The molecule has 0 spiro atoms. The number of thioether (sulfide) groups is 1. The Kier molecular flexibility index (Phi) is 10.1. The number of nitrogens with zero attached hydrogens (tertiary/aromatic N) is 4. The first kappa shape index (κ1) is 27.7. The minimum Gasteiger partial charge on any atom is -0.491 e. The quantitative estimate of drug-likeness (QED) is 0.239. The first-order valence-electron chi connectivity index (χ1n) is 12.0. The van der Waals surface area contributed by atoms with Gasteiger partial charge in [0, 0.05) is 30.3 Å². The van der Waals surface area contributed by atoms with Crippen molar-refractivity contribution < 1.29 is 9.47 Å². The summed E-state index contributed by atoms with van der Waals surface area (Å²) in [5.74, 6) is 1.80. The van der Waals surface area contributed by atoms with E-state index in [1.807, 2.05) is 25.1 Å². The summed E-state index contributed by atoms with van der Waals surface area (Å²) in [5, 5.41) is 20.4. The Morgan fingerprint density at radius 1 is 1.11 bits per heavy atom. The topological polar surface area (TPSA) is 118 Å². The highest BCUT2D eigenvalue weighted by Gasteiger charge is 2.21. The molecule has 0 saturated heterocycles. The van der Waals surface area contributed by atoms with E-state index in [0.29, 0.717) is 52.4 Å². The van der Waals surface area contributed by atoms with Gasteiger partial charge in [-0.2, -0.15) is 10.5 Å². The highest BCUT2D eigenvalue weighted by Crippen LogP contribution is 2.37. The fourth-order valence-corrected chi connectivity index (χ4v) is 4.68. The smallest absolute Gasteiger partial charge is 0.143 e. The standard InChI is InChI=1S/C29H31N5O2S/c1-5-19(2)6-11-24-20(3)33-13-12-22(24)18-37-29-26(17-31)27(25(16-30)28(32)34-29)21-7-9-23(10-8-21)36-15-14-35-4/h6-13,19H,5,14-15,18H2,1-4H3,(H2,32,34)/b11-6-. The Morgan fingerprint density at radius 2 is 1.84 bits per heavy atom. The van der Waals surface area contributed by atoms with Crippen LogP contribution in [0.4, 0.5) is 5.82 Å². The zero-order valence-corrected chi connectivity index (χ0v) is 22.4. The van der Waals surface area contributed by atoms with Gasteiger partial charge in [-0.05, 0) is 47.7 Å². The van der Waals surface area contributed by atoms with E-state index in [2.05, 4.69) is 48.1 Å². The molecule has 2 heterocycles. The monoisotopic (exact) mass is 513 g/mol. The predicted molar refractivity (Wildman–Crippen MR) is 148 cm³/mol. The van der Waals surface area contributed by atoms with Gasteiger partial charge in [0.1, 0.15) is 40.9 Å². The lowest BCUT2D eigenvalue weighted by atomic mass is 9.97. The molecule has 8 heteroatoms. The molecule has 7 nitrogen and oxygen atoms in total. The summed E-state index contributed by atoms with van der Waals surface area (Å²) >= 11 is 1.42. The number of hydrogen-bond acceptors (Lipinski definition) is 8. The van der Waals surface area contributed by atoms with E-state index >= 15 is 0 Å². The Hall–Kier alpha value is -3.85. The molecule has 1 aromatic carbocycles. The van der Waals surface area contributed by atoms with Gasteiger partial charge in [-0.25, -0.2) is 4.98 Å². The summed E-state index contributed by atoms with van der Waals surface area (Å²) in [6.45, 7) is 7.23. The maximum absolute atomic E-state index is 10.1. The first-order chi connectivity index (χ1) is 17.9.